The lowest BCUT2D eigenvalue weighted by atomic mass is 9.80. The summed E-state index contributed by atoms with van der Waals surface area (Å²) in [6.45, 7) is 0.909. The lowest BCUT2D eigenvalue weighted by molar-refractivity contribution is -0.170. The number of ether oxygens (including phenoxy) is 2. The third-order valence-electron chi connectivity index (χ3n) is 7.58. The second-order valence-electron chi connectivity index (χ2n) is 10.4. The molecule has 2 aromatic rings. The number of carboxylic acids is 3. The molecule has 0 spiro atoms. The lowest BCUT2D eigenvalue weighted by Crippen LogP contribution is -2.49. The summed E-state index contributed by atoms with van der Waals surface area (Å²) in [5, 5.41) is 45.2. The molecule has 2 aliphatic heterocycles. The fraction of sp³-hybridized carbons (Fsp3) is 0.433. The molecule has 2 atom stereocenters. The van der Waals surface area contributed by atoms with Crippen LogP contribution in [0.3, 0.4) is 0 Å². The van der Waals surface area contributed by atoms with Gasteiger partial charge >= 0.3 is 17.9 Å². The summed E-state index contributed by atoms with van der Waals surface area (Å²) in [7, 11) is 3.37. The van der Waals surface area contributed by atoms with Crippen LogP contribution in [0.5, 0.6) is 11.5 Å². The van der Waals surface area contributed by atoms with Gasteiger partial charge in [-0.1, -0.05) is 42.5 Å². The molecule has 5 N–H and O–H groups in total. The maximum absolute atomic E-state index is 11.4. The van der Waals surface area contributed by atoms with Crippen LogP contribution in [-0.4, -0.2) is 86.8 Å². The zero-order chi connectivity index (χ0) is 30.2. The number of piperidine rings is 1. The second kappa shape index (κ2) is 13.6. The molecule has 0 aromatic heterocycles. The molecule has 2 unspecified atom stereocenters. The fourth-order valence-corrected chi connectivity index (χ4v) is 5.57. The Bertz CT molecular complexity index is 1210. The Morgan fingerprint density at radius 2 is 1.49 bits per heavy atom. The molecular formula is C30H37NO10. The maximum Gasteiger partial charge on any atom is 0.336 e. The summed E-state index contributed by atoms with van der Waals surface area (Å²) < 4.78 is 10.7. The molecule has 2 fully saturated rings. The SMILES string of the molecule is COc1ccc(C2(O)CC3CCC(C2)N3C/C=C/c2ccccc2OC)cc1.O=C(O)CC(O)(CC(=O)O)C(=O)O. The Labute approximate surface area is 238 Å². The van der Waals surface area contributed by atoms with Crippen molar-refractivity contribution in [3.05, 3.63) is 65.7 Å². The van der Waals surface area contributed by atoms with Crippen molar-refractivity contribution in [1.82, 2.24) is 4.90 Å². The molecule has 2 aromatic carbocycles. The summed E-state index contributed by atoms with van der Waals surface area (Å²) in [6.07, 6.45) is 5.97. The first-order valence-corrected chi connectivity index (χ1v) is 13.2. The summed E-state index contributed by atoms with van der Waals surface area (Å²) in [6, 6.07) is 16.8. The van der Waals surface area contributed by atoms with E-state index in [0.29, 0.717) is 12.1 Å². The van der Waals surface area contributed by atoms with Crippen molar-refractivity contribution >= 4 is 24.0 Å². The molecule has 222 valence electrons. The standard InChI is InChI=1S/C24H29NO3.C6H8O7/c1-27-22-13-9-19(10-14-22)24(26)16-20-11-12-21(17-24)25(20)15-5-7-18-6-3-4-8-23(18)28-2;7-3(8)1-6(13,5(11)12)2-4(9)10/h3-10,13-14,20-21,26H,11-12,15-17H2,1-2H3;13H,1-2H2,(H,7,8)(H,9,10)(H,11,12)/b7-5+;. The van der Waals surface area contributed by atoms with Crippen molar-refractivity contribution < 1.29 is 49.4 Å². The van der Waals surface area contributed by atoms with Gasteiger partial charge < -0.3 is 35.0 Å². The molecule has 0 amide bonds. The van der Waals surface area contributed by atoms with Crippen molar-refractivity contribution in [2.45, 2.75) is 61.8 Å². The lowest BCUT2D eigenvalue weighted by Gasteiger charge is -2.43. The Morgan fingerprint density at radius 1 is 0.927 bits per heavy atom. The molecule has 2 aliphatic rings. The highest BCUT2D eigenvalue weighted by atomic mass is 16.5. The van der Waals surface area contributed by atoms with Crippen LogP contribution in [-0.2, 0) is 20.0 Å². The van der Waals surface area contributed by atoms with Gasteiger partial charge in [0, 0.05) is 24.2 Å². The van der Waals surface area contributed by atoms with Gasteiger partial charge in [-0.3, -0.25) is 14.5 Å². The quantitative estimate of drug-likeness (QED) is 0.268. The van der Waals surface area contributed by atoms with E-state index in [1.54, 1.807) is 14.2 Å². The normalized spacial score (nSPS) is 22.0. The Balaban J connectivity index is 0.000000302. The van der Waals surface area contributed by atoms with E-state index < -0.39 is 42.0 Å². The molecule has 4 rings (SSSR count). The maximum atomic E-state index is 11.4. The summed E-state index contributed by atoms with van der Waals surface area (Å²) >= 11 is 0. The van der Waals surface area contributed by atoms with Gasteiger partial charge in [0.2, 0.25) is 0 Å². The minimum Gasteiger partial charge on any atom is -0.497 e. The minimum atomic E-state index is -2.74. The molecule has 0 aliphatic carbocycles. The predicted molar refractivity (Wildman–Crippen MR) is 149 cm³/mol. The van der Waals surface area contributed by atoms with Gasteiger partial charge in [0.15, 0.2) is 5.60 Å². The van der Waals surface area contributed by atoms with Crippen LogP contribution in [0.1, 0.15) is 49.7 Å². The Hall–Kier alpha value is -3.93. The number of methoxy groups -OCH3 is 2. The average molecular weight is 572 g/mol. The van der Waals surface area contributed by atoms with E-state index in [2.05, 4.69) is 23.1 Å². The molecule has 2 saturated heterocycles. The molecule has 2 heterocycles. The Kier molecular flexibility index (Phi) is 10.5. The third kappa shape index (κ3) is 8.06. The van der Waals surface area contributed by atoms with Gasteiger partial charge in [-0.15, -0.1) is 0 Å². The zero-order valence-electron chi connectivity index (χ0n) is 23.1. The molecule has 0 radical (unpaired) electrons. The number of hydrogen-bond donors (Lipinski definition) is 5. The molecule has 0 saturated carbocycles. The number of aliphatic hydroxyl groups is 2. The summed E-state index contributed by atoms with van der Waals surface area (Å²) in [5.74, 6) is -3.29. The van der Waals surface area contributed by atoms with E-state index in [1.807, 2.05) is 42.5 Å². The van der Waals surface area contributed by atoms with Gasteiger partial charge in [0.1, 0.15) is 11.5 Å². The summed E-state index contributed by atoms with van der Waals surface area (Å²) in [5.41, 5.74) is -1.36. The Morgan fingerprint density at radius 3 is 1.98 bits per heavy atom. The molecule has 2 bridgehead atoms. The number of benzene rings is 2. The topological polar surface area (TPSA) is 174 Å². The van der Waals surface area contributed by atoms with Gasteiger partial charge in [-0.05, 0) is 49.4 Å². The van der Waals surface area contributed by atoms with Crippen molar-refractivity contribution in [3.63, 3.8) is 0 Å². The van der Waals surface area contributed by atoms with Crippen molar-refractivity contribution in [1.29, 1.82) is 0 Å². The first-order valence-electron chi connectivity index (χ1n) is 13.2. The smallest absolute Gasteiger partial charge is 0.336 e. The average Bonchev–Trinajstić information content (AvgIpc) is 3.17. The van der Waals surface area contributed by atoms with Crippen molar-refractivity contribution in [3.8, 4) is 11.5 Å². The van der Waals surface area contributed by atoms with E-state index in [4.69, 9.17) is 29.9 Å². The van der Waals surface area contributed by atoms with Gasteiger partial charge in [0.25, 0.3) is 0 Å². The predicted octanol–water partition coefficient (Wildman–Crippen LogP) is 2.98. The number of fused-ring (bicyclic) bond motifs is 2. The van der Waals surface area contributed by atoms with Gasteiger partial charge in [0.05, 0.1) is 32.7 Å². The van der Waals surface area contributed by atoms with Crippen LogP contribution in [0.25, 0.3) is 6.08 Å². The van der Waals surface area contributed by atoms with Gasteiger partial charge in [-0.25, -0.2) is 4.79 Å². The van der Waals surface area contributed by atoms with Crippen LogP contribution >= 0.6 is 0 Å². The third-order valence-corrected chi connectivity index (χ3v) is 7.58. The number of aliphatic carboxylic acids is 3. The van der Waals surface area contributed by atoms with E-state index in [1.165, 1.54) is 0 Å². The monoisotopic (exact) mass is 571 g/mol. The zero-order valence-corrected chi connectivity index (χ0v) is 23.1. The number of carboxylic acid groups (broad SMARTS) is 3. The van der Waals surface area contributed by atoms with Crippen LogP contribution in [0.4, 0.5) is 0 Å². The number of para-hydroxylation sites is 1. The summed E-state index contributed by atoms with van der Waals surface area (Å²) in [4.78, 5) is 33.0. The number of carbonyl (C=O) groups is 3. The van der Waals surface area contributed by atoms with Crippen LogP contribution in [0.2, 0.25) is 0 Å². The van der Waals surface area contributed by atoms with Crippen LogP contribution in [0, 0.1) is 0 Å². The van der Waals surface area contributed by atoms with E-state index in [0.717, 1.165) is 54.9 Å². The van der Waals surface area contributed by atoms with Crippen LogP contribution in [0.15, 0.2) is 54.6 Å². The molecule has 11 nitrogen and oxygen atoms in total. The van der Waals surface area contributed by atoms with E-state index in [-0.39, 0.29) is 0 Å². The van der Waals surface area contributed by atoms with Gasteiger partial charge in [-0.2, -0.15) is 0 Å². The number of hydrogen-bond acceptors (Lipinski definition) is 8. The highest BCUT2D eigenvalue weighted by Gasteiger charge is 2.47. The molecular weight excluding hydrogens is 534 g/mol. The first kappa shape index (κ1) is 31.6. The fourth-order valence-electron chi connectivity index (χ4n) is 5.57. The number of rotatable bonds is 11. The van der Waals surface area contributed by atoms with Crippen molar-refractivity contribution in [2.75, 3.05) is 20.8 Å². The highest BCUT2D eigenvalue weighted by molar-refractivity contribution is 5.88. The molecule has 41 heavy (non-hydrogen) atoms. The minimum absolute atomic E-state index is 0.424. The van der Waals surface area contributed by atoms with E-state index >= 15 is 0 Å². The highest BCUT2D eigenvalue weighted by Crippen LogP contribution is 2.45. The van der Waals surface area contributed by atoms with Crippen LogP contribution < -0.4 is 9.47 Å². The second-order valence-corrected chi connectivity index (χ2v) is 10.4. The molecule has 11 heteroatoms. The number of nitrogens with zero attached hydrogens (tertiary/aromatic N) is 1. The van der Waals surface area contributed by atoms with Crippen molar-refractivity contribution in [2.24, 2.45) is 0 Å². The largest absolute Gasteiger partial charge is 0.497 e. The first-order chi connectivity index (χ1) is 19.4. The van der Waals surface area contributed by atoms with E-state index in [9.17, 15) is 19.5 Å².